The maximum atomic E-state index is 16.9. The summed E-state index contributed by atoms with van der Waals surface area (Å²) in [7, 11) is 0. The number of hydrogen-bond acceptors (Lipinski definition) is 7. The normalized spacial score (nSPS) is 30.2. The maximum absolute atomic E-state index is 16.9. The first kappa shape index (κ1) is 27.5. The van der Waals surface area contributed by atoms with Crippen molar-refractivity contribution in [3.63, 3.8) is 0 Å². The van der Waals surface area contributed by atoms with Crippen LogP contribution in [0, 0.1) is 5.82 Å². The number of benzene rings is 2. The minimum Gasteiger partial charge on any atom is -0.508 e. The molecule has 4 fully saturated rings. The summed E-state index contributed by atoms with van der Waals surface area (Å²) in [4.78, 5) is 14.1. The van der Waals surface area contributed by atoms with E-state index in [0.717, 1.165) is 87.7 Å². The van der Waals surface area contributed by atoms with Crippen LogP contribution >= 0.6 is 0 Å². The van der Waals surface area contributed by atoms with Gasteiger partial charge in [-0.15, -0.1) is 0 Å². The van der Waals surface area contributed by atoms with E-state index in [1.807, 2.05) is 18.2 Å². The fraction of sp³-hybridized carbons (Fsp3) is 0.588. The molecular weight excluding hydrogens is 548 g/mol. The van der Waals surface area contributed by atoms with Gasteiger partial charge in [0.05, 0.1) is 5.54 Å². The van der Waals surface area contributed by atoms with Gasteiger partial charge in [0, 0.05) is 49.1 Å². The summed E-state index contributed by atoms with van der Waals surface area (Å²) in [5.41, 5.74) is 3.36. The number of anilines is 1. The topological polar surface area (TPSA) is 73.8 Å². The van der Waals surface area contributed by atoms with Crippen LogP contribution < -0.4 is 15.0 Å². The number of phenols is 1. The third-order valence-corrected chi connectivity index (χ3v) is 11.0. The second-order valence-electron chi connectivity index (χ2n) is 13.6. The zero-order chi connectivity index (χ0) is 29.3. The highest BCUT2D eigenvalue weighted by molar-refractivity contribution is 5.94. The SMILES string of the molecule is CCC1CCCc2cc(O)cc(-c3ccc4c(N5C[C@H]6CC[C@@H](C5)N6)nc(OC[C@@]56CCCN5C[C@H](F)C6)nc4c3F)c21. The first-order valence-electron chi connectivity index (χ1n) is 16.3. The molecule has 2 bridgehead atoms. The first-order valence-corrected chi connectivity index (χ1v) is 16.3. The summed E-state index contributed by atoms with van der Waals surface area (Å²) in [6.07, 6.45) is 7.73. The number of aromatic hydroxyl groups is 1. The molecule has 0 radical (unpaired) electrons. The fourth-order valence-electron chi connectivity index (χ4n) is 8.96. The molecule has 5 aliphatic rings. The largest absolute Gasteiger partial charge is 0.508 e. The zero-order valence-corrected chi connectivity index (χ0v) is 24.9. The van der Waals surface area contributed by atoms with Crippen molar-refractivity contribution >= 4 is 16.7 Å². The predicted molar refractivity (Wildman–Crippen MR) is 163 cm³/mol. The number of hydrogen-bond donors (Lipinski definition) is 2. The Morgan fingerprint density at radius 1 is 1.07 bits per heavy atom. The zero-order valence-electron chi connectivity index (χ0n) is 24.9. The highest BCUT2D eigenvalue weighted by Gasteiger charge is 2.49. The first-order chi connectivity index (χ1) is 20.9. The predicted octanol–water partition coefficient (Wildman–Crippen LogP) is 5.87. The van der Waals surface area contributed by atoms with Gasteiger partial charge in [-0.25, -0.2) is 8.78 Å². The van der Waals surface area contributed by atoms with E-state index in [-0.39, 0.29) is 22.8 Å². The molecule has 2 aromatic carbocycles. The van der Waals surface area contributed by atoms with Crippen molar-refractivity contribution < 1.29 is 18.6 Å². The van der Waals surface area contributed by atoms with E-state index in [1.54, 1.807) is 6.07 Å². The Morgan fingerprint density at radius 2 is 1.91 bits per heavy atom. The van der Waals surface area contributed by atoms with Crippen LogP contribution in [-0.4, -0.2) is 76.6 Å². The molecule has 4 saturated heterocycles. The van der Waals surface area contributed by atoms with Crippen LogP contribution in [0.25, 0.3) is 22.0 Å². The smallest absolute Gasteiger partial charge is 0.319 e. The Bertz CT molecular complexity index is 1560. The average molecular weight is 590 g/mol. The molecule has 0 amide bonds. The van der Waals surface area contributed by atoms with E-state index in [9.17, 15) is 9.50 Å². The van der Waals surface area contributed by atoms with Gasteiger partial charge >= 0.3 is 6.01 Å². The monoisotopic (exact) mass is 589 g/mol. The third kappa shape index (κ3) is 4.65. The fourth-order valence-corrected chi connectivity index (χ4v) is 8.96. The van der Waals surface area contributed by atoms with Crippen LogP contribution in [-0.2, 0) is 6.42 Å². The molecule has 2 N–H and O–H groups in total. The molecule has 4 aliphatic heterocycles. The standard InChI is InChI=1S/C34H41F2N5O2/c1-2-20-5-3-6-21-13-25(42)14-28(29(20)21)26-9-10-27-31(30(26)36)38-33(39-32(27)40-17-23-7-8-24(18-40)37-23)43-19-34-11-4-12-41(34)16-22(35)15-34/h9-10,13-14,20,22-24,37,42H,2-8,11-12,15-19H2,1H3/t20?,22-,23-,24+,34+/m1/s1. The van der Waals surface area contributed by atoms with E-state index >= 15 is 4.39 Å². The molecule has 7 nitrogen and oxygen atoms in total. The van der Waals surface area contributed by atoms with Crippen LogP contribution in [0.2, 0.25) is 0 Å². The molecule has 5 heterocycles. The van der Waals surface area contributed by atoms with Crippen LogP contribution in [0.15, 0.2) is 24.3 Å². The number of halogens is 2. The van der Waals surface area contributed by atoms with Gasteiger partial charge in [-0.3, -0.25) is 4.90 Å². The molecular formula is C34H41F2N5O2. The number of nitrogens with one attached hydrogen (secondary N) is 1. The summed E-state index contributed by atoms with van der Waals surface area (Å²) in [6.45, 7) is 5.39. The quantitative estimate of drug-likeness (QED) is 0.373. The van der Waals surface area contributed by atoms with Gasteiger partial charge in [-0.05, 0) is 98.7 Å². The molecule has 228 valence electrons. The van der Waals surface area contributed by atoms with Crippen molar-refractivity contribution in [2.75, 3.05) is 37.7 Å². The van der Waals surface area contributed by atoms with Crippen molar-refractivity contribution in [3.8, 4) is 22.9 Å². The van der Waals surface area contributed by atoms with Crippen LogP contribution in [0.3, 0.4) is 0 Å². The van der Waals surface area contributed by atoms with Gasteiger partial charge < -0.3 is 20.1 Å². The summed E-state index contributed by atoms with van der Waals surface area (Å²) in [5.74, 6) is 0.772. The number of nitrogens with zero attached hydrogens (tertiary/aromatic N) is 4. The summed E-state index contributed by atoms with van der Waals surface area (Å²) >= 11 is 0. The molecule has 0 spiro atoms. The Labute approximate surface area is 251 Å². The van der Waals surface area contributed by atoms with Crippen LogP contribution in [0.1, 0.15) is 75.3 Å². The number of alkyl halides is 1. The van der Waals surface area contributed by atoms with Gasteiger partial charge in [-0.1, -0.05) is 13.0 Å². The Kier molecular flexibility index (Phi) is 6.75. The molecule has 43 heavy (non-hydrogen) atoms. The molecule has 1 unspecified atom stereocenters. The molecule has 9 heteroatoms. The summed E-state index contributed by atoms with van der Waals surface area (Å²) in [6, 6.07) is 8.26. The van der Waals surface area contributed by atoms with E-state index in [2.05, 4.69) is 22.0 Å². The molecule has 8 rings (SSSR count). The van der Waals surface area contributed by atoms with Gasteiger partial charge in [0.15, 0.2) is 5.82 Å². The molecule has 5 atom stereocenters. The van der Waals surface area contributed by atoms with Gasteiger partial charge in [0.1, 0.15) is 29.9 Å². The lowest BCUT2D eigenvalue weighted by Gasteiger charge is -2.34. The van der Waals surface area contributed by atoms with Crippen molar-refractivity contribution in [3.05, 3.63) is 41.2 Å². The van der Waals surface area contributed by atoms with Crippen LogP contribution in [0.5, 0.6) is 11.8 Å². The Balaban J connectivity index is 1.24. The second kappa shape index (κ2) is 10.5. The average Bonchev–Trinajstić information content (AvgIpc) is 3.65. The van der Waals surface area contributed by atoms with E-state index < -0.39 is 12.0 Å². The van der Waals surface area contributed by atoms with Crippen molar-refractivity contribution in [1.82, 2.24) is 20.2 Å². The van der Waals surface area contributed by atoms with E-state index in [1.165, 1.54) is 0 Å². The number of ether oxygens (including phenoxy) is 1. The Morgan fingerprint density at radius 3 is 2.72 bits per heavy atom. The van der Waals surface area contributed by atoms with Gasteiger partial charge in [-0.2, -0.15) is 9.97 Å². The minimum absolute atomic E-state index is 0.150. The second-order valence-corrected chi connectivity index (χ2v) is 13.6. The van der Waals surface area contributed by atoms with Crippen molar-refractivity contribution in [1.29, 1.82) is 0 Å². The minimum atomic E-state index is -0.853. The van der Waals surface area contributed by atoms with E-state index in [0.29, 0.717) is 54.3 Å². The molecule has 0 saturated carbocycles. The van der Waals surface area contributed by atoms with Crippen molar-refractivity contribution in [2.24, 2.45) is 0 Å². The molecule has 1 aliphatic carbocycles. The number of piperazine rings is 1. The number of phenolic OH excluding ortho intramolecular Hbond substituents is 1. The summed E-state index contributed by atoms with van der Waals surface area (Å²) in [5, 5.41) is 15.0. The highest BCUT2D eigenvalue weighted by Crippen LogP contribution is 2.45. The number of rotatable bonds is 6. The third-order valence-electron chi connectivity index (χ3n) is 11.0. The Hall–Kier alpha value is -3.04. The lowest BCUT2D eigenvalue weighted by atomic mass is 9.77. The lowest BCUT2D eigenvalue weighted by molar-refractivity contribution is 0.107. The van der Waals surface area contributed by atoms with Crippen molar-refractivity contribution in [2.45, 2.75) is 94.4 Å². The molecule has 1 aromatic heterocycles. The van der Waals surface area contributed by atoms with Crippen LogP contribution in [0.4, 0.5) is 14.6 Å². The van der Waals surface area contributed by atoms with Gasteiger partial charge in [0.25, 0.3) is 0 Å². The number of aromatic nitrogens is 2. The summed E-state index contributed by atoms with van der Waals surface area (Å²) < 4.78 is 37.6. The number of fused-ring (bicyclic) bond motifs is 5. The lowest BCUT2D eigenvalue weighted by Crippen LogP contribution is -2.51. The number of aryl methyl sites for hydroxylation is 1. The van der Waals surface area contributed by atoms with Gasteiger partial charge in [0.2, 0.25) is 0 Å². The highest BCUT2D eigenvalue weighted by atomic mass is 19.1. The molecule has 3 aromatic rings. The van der Waals surface area contributed by atoms with E-state index in [4.69, 9.17) is 14.7 Å². The maximum Gasteiger partial charge on any atom is 0.319 e.